The van der Waals surface area contributed by atoms with Crippen molar-refractivity contribution in [3.63, 3.8) is 0 Å². The summed E-state index contributed by atoms with van der Waals surface area (Å²) in [5.41, 5.74) is 2.55. The van der Waals surface area contributed by atoms with Crippen molar-refractivity contribution in [3.8, 4) is 0 Å². The van der Waals surface area contributed by atoms with Crippen molar-refractivity contribution in [2.24, 2.45) is 5.92 Å². The molecule has 4 heteroatoms. The second-order valence-electron chi connectivity index (χ2n) is 7.69. The minimum Gasteiger partial charge on any atom is -0.393 e. The fourth-order valence-corrected chi connectivity index (χ4v) is 3.00. The number of nitrogens with one attached hydrogen (secondary N) is 1. The Morgan fingerprint density at radius 2 is 2.00 bits per heavy atom. The fourth-order valence-electron chi connectivity index (χ4n) is 3.00. The topological polar surface area (TPSA) is 52.6 Å². The quantitative estimate of drug-likeness (QED) is 0.898. The van der Waals surface area contributed by atoms with Crippen molar-refractivity contribution >= 4 is 6.03 Å². The first-order valence-electron chi connectivity index (χ1n) is 8.57. The number of likely N-dealkylation sites (tertiary alicyclic amines) is 1. The van der Waals surface area contributed by atoms with Gasteiger partial charge in [0, 0.05) is 25.6 Å². The van der Waals surface area contributed by atoms with Crippen LogP contribution in [0.4, 0.5) is 4.79 Å². The first kappa shape index (κ1) is 17.8. The monoisotopic (exact) mass is 318 g/mol. The number of aliphatic hydroxyl groups excluding tert-OH is 1. The Balaban J connectivity index is 1.86. The molecule has 0 spiro atoms. The zero-order chi connectivity index (χ0) is 17.0. The lowest BCUT2D eigenvalue weighted by atomic mass is 9.87. The molecule has 4 nitrogen and oxygen atoms in total. The number of amides is 2. The van der Waals surface area contributed by atoms with E-state index in [2.05, 4.69) is 50.4 Å². The number of hydrogen-bond acceptors (Lipinski definition) is 2. The summed E-state index contributed by atoms with van der Waals surface area (Å²) in [7, 11) is 0. The third-order valence-corrected chi connectivity index (χ3v) is 4.69. The van der Waals surface area contributed by atoms with E-state index >= 15 is 0 Å². The van der Waals surface area contributed by atoms with Gasteiger partial charge in [-0.3, -0.25) is 0 Å². The van der Waals surface area contributed by atoms with Crippen molar-refractivity contribution in [2.45, 2.75) is 58.6 Å². The molecule has 0 aliphatic carbocycles. The van der Waals surface area contributed by atoms with Crippen LogP contribution in [-0.4, -0.2) is 35.2 Å². The fraction of sp³-hybridized carbons (Fsp3) is 0.632. The molecule has 2 rings (SSSR count). The van der Waals surface area contributed by atoms with Gasteiger partial charge in [0.1, 0.15) is 0 Å². The molecule has 2 unspecified atom stereocenters. The molecule has 23 heavy (non-hydrogen) atoms. The average Bonchev–Trinajstić information content (AvgIpc) is 2.52. The number of rotatable bonds is 3. The molecule has 1 heterocycles. The maximum Gasteiger partial charge on any atom is 0.317 e. The largest absolute Gasteiger partial charge is 0.393 e. The van der Waals surface area contributed by atoms with Crippen LogP contribution in [0.2, 0.25) is 0 Å². The van der Waals surface area contributed by atoms with Crippen LogP contribution < -0.4 is 5.32 Å². The van der Waals surface area contributed by atoms with Crippen molar-refractivity contribution in [3.05, 3.63) is 35.4 Å². The number of carbonyl (C=O) groups is 1. The number of aliphatic hydroxyl groups is 1. The Morgan fingerprint density at radius 1 is 1.35 bits per heavy atom. The van der Waals surface area contributed by atoms with E-state index in [0.29, 0.717) is 13.1 Å². The van der Waals surface area contributed by atoms with Crippen LogP contribution in [0.1, 0.15) is 51.7 Å². The highest BCUT2D eigenvalue weighted by Gasteiger charge is 2.26. The van der Waals surface area contributed by atoms with E-state index in [1.165, 1.54) is 5.56 Å². The number of nitrogens with zero attached hydrogens (tertiary/aromatic N) is 1. The molecule has 1 aromatic carbocycles. The predicted octanol–water partition coefficient (Wildman–Crippen LogP) is 3.29. The molecule has 1 aliphatic heterocycles. The summed E-state index contributed by atoms with van der Waals surface area (Å²) in [6, 6.07) is 8.39. The van der Waals surface area contributed by atoms with Crippen LogP contribution in [0.5, 0.6) is 0 Å². The number of hydrogen-bond donors (Lipinski definition) is 2. The maximum atomic E-state index is 12.3. The molecular weight excluding hydrogens is 288 g/mol. The van der Waals surface area contributed by atoms with Gasteiger partial charge >= 0.3 is 6.03 Å². The molecule has 0 saturated carbocycles. The van der Waals surface area contributed by atoms with E-state index in [4.69, 9.17) is 0 Å². The zero-order valence-electron chi connectivity index (χ0n) is 14.8. The third kappa shape index (κ3) is 4.96. The number of urea groups is 1. The normalized spacial score (nSPS) is 20.2. The van der Waals surface area contributed by atoms with Crippen LogP contribution in [-0.2, 0) is 12.0 Å². The van der Waals surface area contributed by atoms with Crippen molar-refractivity contribution in [2.75, 3.05) is 13.1 Å². The van der Waals surface area contributed by atoms with E-state index in [1.807, 2.05) is 11.8 Å². The van der Waals surface area contributed by atoms with Crippen LogP contribution in [0.25, 0.3) is 0 Å². The highest BCUT2D eigenvalue weighted by atomic mass is 16.3. The van der Waals surface area contributed by atoms with Crippen LogP contribution in [0, 0.1) is 5.92 Å². The smallest absolute Gasteiger partial charge is 0.317 e. The highest BCUT2D eigenvalue weighted by Crippen LogP contribution is 2.22. The standard InChI is InChI=1S/C19H30N2O2/c1-14(22)16-6-5-11-21(13-16)18(23)20-12-15-7-9-17(10-8-15)19(2,3)4/h7-10,14,16,22H,5-6,11-13H2,1-4H3,(H,20,23). The number of benzene rings is 1. The predicted molar refractivity (Wildman–Crippen MR) is 93.4 cm³/mol. The van der Waals surface area contributed by atoms with E-state index in [0.717, 1.165) is 24.9 Å². The van der Waals surface area contributed by atoms with Gasteiger partial charge in [-0.05, 0) is 36.3 Å². The zero-order valence-corrected chi connectivity index (χ0v) is 14.8. The van der Waals surface area contributed by atoms with E-state index in [-0.39, 0.29) is 23.5 Å². The minimum atomic E-state index is -0.351. The lowest BCUT2D eigenvalue weighted by Gasteiger charge is -2.34. The summed E-state index contributed by atoms with van der Waals surface area (Å²) >= 11 is 0. The molecule has 2 N–H and O–H groups in total. The lowest BCUT2D eigenvalue weighted by Crippen LogP contribution is -2.47. The number of carbonyl (C=O) groups excluding carboxylic acids is 1. The average molecular weight is 318 g/mol. The molecule has 128 valence electrons. The van der Waals surface area contributed by atoms with Gasteiger partial charge < -0.3 is 15.3 Å². The highest BCUT2D eigenvalue weighted by molar-refractivity contribution is 5.74. The molecule has 1 aliphatic rings. The van der Waals surface area contributed by atoms with Gasteiger partial charge in [0.05, 0.1) is 6.10 Å². The Labute approximate surface area is 139 Å². The van der Waals surface area contributed by atoms with Crippen molar-refractivity contribution in [1.29, 1.82) is 0 Å². The van der Waals surface area contributed by atoms with Crippen LogP contribution in [0.15, 0.2) is 24.3 Å². The number of piperidine rings is 1. The van der Waals surface area contributed by atoms with Gasteiger partial charge in [0.25, 0.3) is 0 Å². The first-order valence-corrected chi connectivity index (χ1v) is 8.57. The summed E-state index contributed by atoms with van der Waals surface area (Å²) in [4.78, 5) is 14.1. The summed E-state index contributed by atoms with van der Waals surface area (Å²) < 4.78 is 0. The van der Waals surface area contributed by atoms with Gasteiger partial charge in [-0.1, -0.05) is 45.0 Å². The van der Waals surface area contributed by atoms with Gasteiger partial charge in [0.15, 0.2) is 0 Å². The van der Waals surface area contributed by atoms with Gasteiger partial charge in [-0.15, -0.1) is 0 Å². The van der Waals surface area contributed by atoms with E-state index < -0.39 is 0 Å². The summed E-state index contributed by atoms with van der Waals surface area (Å²) in [5.74, 6) is 0.195. The van der Waals surface area contributed by atoms with E-state index in [9.17, 15) is 9.90 Å². The third-order valence-electron chi connectivity index (χ3n) is 4.69. The molecule has 1 aromatic rings. The second-order valence-corrected chi connectivity index (χ2v) is 7.69. The molecule has 1 fully saturated rings. The SMILES string of the molecule is CC(O)C1CCCN(C(=O)NCc2ccc(C(C)(C)C)cc2)C1. The Bertz CT molecular complexity index is 517. The molecule has 0 radical (unpaired) electrons. The summed E-state index contributed by atoms with van der Waals surface area (Å²) in [6.07, 6.45) is 1.61. The molecule has 0 bridgehead atoms. The van der Waals surface area contributed by atoms with Gasteiger partial charge in [0.2, 0.25) is 0 Å². The summed E-state index contributed by atoms with van der Waals surface area (Å²) in [6.45, 7) is 10.3. The van der Waals surface area contributed by atoms with E-state index in [1.54, 1.807) is 0 Å². The molecule has 2 atom stereocenters. The van der Waals surface area contributed by atoms with Gasteiger partial charge in [-0.25, -0.2) is 4.79 Å². The summed E-state index contributed by atoms with van der Waals surface area (Å²) in [5, 5.41) is 12.7. The molecule has 0 aromatic heterocycles. The van der Waals surface area contributed by atoms with Crippen LogP contribution in [0.3, 0.4) is 0 Å². The Hall–Kier alpha value is -1.55. The Morgan fingerprint density at radius 3 is 2.57 bits per heavy atom. The van der Waals surface area contributed by atoms with Crippen LogP contribution >= 0.6 is 0 Å². The second kappa shape index (κ2) is 7.35. The van der Waals surface area contributed by atoms with Crippen molar-refractivity contribution in [1.82, 2.24) is 10.2 Å². The minimum absolute atomic E-state index is 0.0322. The molecule has 2 amide bonds. The first-order chi connectivity index (χ1) is 10.8. The maximum absolute atomic E-state index is 12.3. The Kier molecular flexibility index (Phi) is 5.69. The van der Waals surface area contributed by atoms with Crippen molar-refractivity contribution < 1.29 is 9.90 Å². The molecular formula is C19H30N2O2. The molecule has 1 saturated heterocycles. The van der Waals surface area contributed by atoms with Gasteiger partial charge in [-0.2, -0.15) is 0 Å². The lowest BCUT2D eigenvalue weighted by molar-refractivity contribution is 0.0738.